The van der Waals surface area contributed by atoms with Gasteiger partial charge in [-0.25, -0.2) is 4.79 Å². The van der Waals surface area contributed by atoms with Gasteiger partial charge in [-0.15, -0.1) is 0 Å². The summed E-state index contributed by atoms with van der Waals surface area (Å²) in [6, 6.07) is 7.99. The zero-order valence-electron chi connectivity index (χ0n) is 10.3. The molecule has 0 bridgehead atoms. The summed E-state index contributed by atoms with van der Waals surface area (Å²) in [6.45, 7) is 5.49. The van der Waals surface area contributed by atoms with Crippen molar-refractivity contribution in [2.24, 2.45) is 0 Å². The first-order valence-corrected chi connectivity index (χ1v) is 5.45. The summed E-state index contributed by atoms with van der Waals surface area (Å²) in [5.74, 6) is -0.824. The summed E-state index contributed by atoms with van der Waals surface area (Å²) in [4.78, 5) is 12.9. The lowest BCUT2D eigenvalue weighted by molar-refractivity contribution is -0.142. The number of carbonyl (C=O) groups is 1. The molecule has 0 amide bonds. The van der Waals surface area contributed by atoms with Gasteiger partial charge in [-0.3, -0.25) is 0 Å². The Balaban J connectivity index is 2.96. The predicted molar refractivity (Wildman–Crippen MR) is 65.9 cm³/mol. The van der Waals surface area contributed by atoms with Crippen molar-refractivity contribution < 1.29 is 9.90 Å². The molecule has 1 aromatic carbocycles. The Morgan fingerprint density at radius 2 is 1.81 bits per heavy atom. The molecule has 1 rings (SSSR count). The van der Waals surface area contributed by atoms with Gasteiger partial charge >= 0.3 is 5.97 Å². The highest BCUT2D eigenvalue weighted by molar-refractivity contribution is 5.82. The Morgan fingerprint density at radius 3 is 2.19 bits per heavy atom. The lowest BCUT2D eigenvalue weighted by Gasteiger charge is -2.33. The highest BCUT2D eigenvalue weighted by atomic mass is 16.4. The molecule has 0 spiro atoms. The minimum absolute atomic E-state index is 0.824. The second-order valence-corrected chi connectivity index (χ2v) is 4.44. The number of rotatable bonds is 4. The van der Waals surface area contributed by atoms with Gasteiger partial charge in [0.25, 0.3) is 0 Å². The van der Waals surface area contributed by atoms with Gasteiger partial charge in [-0.05, 0) is 38.0 Å². The van der Waals surface area contributed by atoms with Gasteiger partial charge in [0, 0.05) is 12.7 Å². The van der Waals surface area contributed by atoms with E-state index >= 15 is 0 Å². The molecule has 0 fully saturated rings. The maximum atomic E-state index is 11.1. The SMILES string of the molecule is CCc1ccc(N(C)C(C)(C)C(=O)O)cc1. The van der Waals surface area contributed by atoms with E-state index in [0.29, 0.717) is 0 Å². The minimum Gasteiger partial charge on any atom is -0.480 e. The number of aryl methyl sites for hydroxylation is 1. The first kappa shape index (κ1) is 12.6. The topological polar surface area (TPSA) is 40.5 Å². The van der Waals surface area contributed by atoms with E-state index in [2.05, 4.69) is 6.92 Å². The van der Waals surface area contributed by atoms with Crippen LogP contribution in [0, 0.1) is 0 Å². The third-order valence-electron chi connectivity index (χ3n) is 3.09. The third-order valence-corrected chi connectivity index (χ3v) is 3.09. The molecule has 0 saturated carbocycles. The second-order valence-electron chi connectivity index (χ2n) is 4.44. The van der Waals surface area contributed by atoms with Crippen LogP contribution in [-0.2, 0) is 11.2 Å². The van der Waals surface area contributed by atoms with Crippen LogP contribution in [0.2, 0.25) is 0 Å². The average molecular weight is 221 g/mol. The number of carboxylic acids is 1. The van der Waals surface area contributed by atoms with Crippen molar-refractivity contribution in [1.29, 1.82) is 0 Å². The van der Waals surface area contributed by atoms with Gasteiger partial charge in [-0.1, -0.05) is 19.1 Å². The summed E-state index contributed by atoms with van der Waals surface area (Å²) in [7, 11) is 1.80. The van der Waals surface area contributed by atoms with E-state index in [1.54, 1.807) is 25.8 Å². The van der Waals surface area contributed by atoms with Gasteiger partial charge in [0.15, 0.2) is 0 Å². The van der Waals surface area contributed by atoms with Crippen molar-refractivity contribution in [2.75, 3.05) is 11.9 Å². The molecular formula is C13H19NO2. The molecule has 1 aromatic rings. The Bertz CT molecular complexity index is 368. The number of likely N-dealkylation sites (N-methyl/N-ethyl adjacent to an activating group) is 1. The maximum Gasteiger partial charge on any atom is 0.328 e. The van der Waals surface area contributed by atoms with Crippen molar-refractivity contribution in [2.45, 2.75) is 32.7 Å². The zero-order chi connectivity index (χ0) is 12.3. The molecule has 0 aliphatic rings. The molecule has 16 heavy (non-hydrogen) atoms. The molecule has 0 heterocycles. The van der Waals surface area contributed by atoms with Crippen LogP contribution in [0.4, 0.5) is 5.69 Å². The molecule has 88 valence electrons. The number of carboxylic acid groups (broad SMARTS) is 1. The Labute approximate surface area is 96.7 Å². The first-order chi connectivity index (χ1) is 7.39. The lowest BCUT2D eigenvalue weighted by Crippen LogP contribution is -2.48. The standard InChI is InChI=1S/C13H19NO2/c1-5-10-6-8-11(9-7-10)14(4)13(2,3)12(15)16/h6-9H,5H2,1-4H3,(H,15,16). The van der Waals surface area contributed by atoms with Gasteiger partial charge in [0.2, 0.25) is 0 Å². The monoisotopic (exact) mass is 221 g/mol. The van der Waals surface area contributed by atoms with Crippen LogP contribution >= 0.6 is 0 Å². The van der Waals surface area contributed by atoms with Crippen molar-refractivity contribution in [3.8, 4) is 0 Å². The summed E-state index contributed by atoms with van der Waals surface area (Å²) in [6.07, 6.45) is 0.992. The van der Waals surface area contributed by atoms with E-state index in [-0.39, 0.29) is 0 Å². The molecule has 0 unspecified atom stereocenters. The fraction of sp³-hybridized carbons (Fsp3) is 0.462. The Morgan fingerprint density at radius 1 is 1.31 bits per heavy atom. The average Bonchev–Trinajstić information content (AvgIpc) is 2.28. The number of hydrogen-bond donors (Lipinski definition) is 1. The number of nitrogens with zero attached hydrogens (tertiary/aromatic N) is 1. The normalized spacial score (nSPS) is 11.2. The fourth-order valence-corrected chi connectivity index (χ4v) is 1.42. The smallest absolute Gasteiger partial charge is 0.328 e. The molecule has 3 heteroatoms. The van der Waals surface area contributed by atoms with E-state index in [4.69, 9.17) is 5.11 Å². The Hall–Kier alpha value is -1.51. The summed E-state index contributed by atoms with van der Waals surface area (Å²) in [5, 5.41) is 9.13. The quantitative estimate of drug-likeness (QED) is 0.849. The molecule has 3 nitrogen and oxygen atoms in total. The van der Waals surface area contributed by atoms with Crippen LogP contribution in [0.3, 0.4) is 0 Å². The van der Waals surface area contributed by atoms with Gasteiger partial charge in [0.1, 0.15) is 5.54 Å². The van der Waals surface area contributed by atoms with Crippen LogP contribution in [0.5, 0.6) is 0 Å². The Kier molecular flexibility index (Phi) is 3.58. The molecule has 0 atom stereocenters. The number of anilines is 1. The number of benzene rings is 1. The van der Waals surface area contributed by atoms with Crippen LogP contribution in [-0.4, -0.2) is 23.7 Å². The maximum absolute atomic E-state index is 11.1. The first-order valence-electron chi connectivity index (χ1n) is 5.45. The number of aliphatic carboxylic acids is 1. The number of hydrogen-bond acceptors (Lipinski definition) is 2. The van der Waals surface area contributed by atoms with E-state index in [0.717, 1.165) is 12.1 Å². The highest BCUT2D eigenvalue weighted by Gasteiger charge is 2.32. The molecule has 1 N–H and O–H groups in total. The third kappa shape index (κ3) is 2.35. The van der Waals surface area contributed by atoms with E-state index < -0.39 is 11.5 Å². The van der Waals surface area contributed by atoms with E-state index in [9.17, 15) is 4.79 Å². The van der Waals surface area contributed by atoms with Crippen LogP contribution in [0.1, 0.15) is 26.3 Å². The lowest BCUT2D eigenvalue weighted by atomic mass is 10.0. The van der Waals surface area contributed by atoms with Gasteiger partial charge in [0.05, 0.1) is 0 Å². The predicted octanol–water partition coefficient (Wildman–Crippen LogP) is 2.55. The summed E-state index contributed by atoms with van der Waals surface area (Å²) in [5.41, 5.74) is 1.28. The highest BCUT2D eigenvalue weighted by Crippen LogP contribution is 2.22. The second kappa shape index (κ2) is 4.56. The van der Waals surface area contributed by atoms with Crippen LogP contribution < -0.4 is 4.90 Å². The molecule has 0 aliphatic heterocycles. The van der Waals surface area contributed by atoms with Crippen molar-refractivity contribution in [3.63, 3.8) is 0 Å². The largest absolute Gasteiger partial charge is 0.480 e. The van der Waals surface area contributed by atoms with E-state index in [1.165, 1.54) is 5.56 Å². The van der Waals surface area contributed by atoms with Crippen LogP contribution in [0.25, 0.3) is 0 Å². The zero-order valence-corrected chi connectivity index (χ0v) is 10.3. The summed E-state index contributed by atoms with van der Waals surface area (Å²) < 4.78 is 0. The van der Waals surface area contributed by atoms with Gasteiger partial charge in [-0.2, -0.15) is 0 Å². The molecular weight excluding hydrogens is 202 g/mol. The molecule has 0 saturated heterocycles. The van der Waals surface area contributed by atoms with Crippen molar-refractivity contribution in [3.05, 3.63) is 29.8 Å². The van der Waals surface area contributed by atoms with Crippen LogP contribution in [0.15, 0.2) is 24.3 Å². The molecule has 0 radical (unpaired) electrons. The fourth-order valence-electron chi connectivity index (χ4n) is 1.42. The van der Waals surface area contributed by atoms with Crippen molar-refractivity contribution in [1.82, 2.24) is 0 Å². The van der Waals surface area contributed by atoms with Crippen molar-refractivity contribution >= 4 is 11.7 Å². The van der Waals surface area contributed by atoms with Gasteiger partial charge < -0.3 is 10.0 Å². The molecule has 0 aliphatic carbocycles. The summed E-state index contributed by atoms with van der Waals surface area (Å²) >= 11 is 0. The van der Waals surface area contributed by atoms with E-state index in [1.807, 2.05) is 24.3 Å². The molecule has 0 aromatic heterocycles. The minimum atomic E-state index is -0.895.